The van der Waals surface area contributed by atoms with Crippen LogP contribution in [0.15, 0.2) is 17.3 Å². The van der Waals surface area contributed by atoms with Crippen LogP contribution in [0.1, 0.15) is 32.1 Å². The number of carboxylic acids is 1. The lowest BCUT2D eigenvalue weighted by Crippen LogP contribution is -2.44. The molecule has 1 saturated carbocycles. The van der Waals surface area contributed by atoms with Crippen molar-refractivity contribution in [3.8, 4) is 0 Å². The summed E-state index contributed by atoms with van der Waals surface area (Å²) in [5.41, 5.74) is -0.981. The maximum absolute atomic E-state index is 11.9. The van der Waals surface area contributed by atoms with E-state index in [-0.39, 0.29) is 11.6 Å². The van der Waals surface area contributed by atoms with Crippen molar-refractivity contribution in [2.45, 2.75) is 37.1 Å². The average Bonchev–Trinajstić information content (AvgIpc) is 2.92. The Morgan fingerprint density at radius 1 is 1.42 bits per heavy atom. The van der Waals surface area contributed by atoms with Crippen LogP contribution >= 0.6 is 0 Å². The van der Waals surface area contributed by atoms with E-state index in [1.165, 1.54) is 12.3 Å². The Labute approximate surface area is 111 Å². The van der Waals surface area contributed by atoms with Crippen molar-refractivity contribution in [1.82, 2.24) is 14.9 Å². The van der Waals surface area contributed by atoms with Crippen molar-refractivity contribution in [1.29, 1.82) is 0 Å². The smallest absolute Gasteiger partial charge is 0.310 e. The number of carbonyl (C=O) groups is 1. The molecular weight excluding hydrogens is 270 g/mol. The van der Waals surface area contributed by atoms with Crippen LogP contribution in [0.2, 0.25) is 0 Å². The van der Waals surface area contributed by atoms with Crippen molar-refractivity contribution in [3.05, 3.63) is 12.3 Å². The summed E-state index contributed by atoms with van der Waals surface area (Å²) in [5, 5.41) is 15.2. The SMILES string of the molecule is O=C(O)C1(CNS(=O)(=O)c2ccn[nH]2)CCCCC1. The van der Waals surface area contributed by atoms with Crippen LogP contribution in [0.3, 0.4) is 0 Å². The lowest BCUT2D eigenvalue weighted by atomic mass is 9.74. The Morgan fingerprint density at radius 3 is 2.63 bits per heavy atom. The van der Waals surface area contributed by atoms with Crippen molar-refractivity contribution < 1.29 is 18.3 Å². The summed E-state index contributed by atoms with van der Waals surface area (Å²) < 4.78 is 26.2. The zero-order valence-corrected chi connectivity index (χ0v) is 11.2. The third kappa shape index (κ3) is 2.95. The first kappa shape index (κ1) is 14.0. The lowest BCUT2D eigenvalue weighted by molar-refractivity contribution is -0.150. The Kier molecular flexibility index (Phi) is 3.91. The summed E-state index contributed by atoms with van der Waals surface area (Å²) >= 11 is 0. The highest BCUT2D eigenvalue weighted by Crippen LogP contribution is 2.36. The van der Waals surface area contributed by atoms with E-state index in [1.54, 1.807) is 0 Å². The van der Waals surface area contributed by atoms with E-state index in [2.05, 4.69) is 14.9 Å². The summed E-state index contributed by atoms with van der Waals surface area (Å²) in [7, 11) is -3.72. The highest BCUT2D eigenvalue weighted by Gasteiger charge is 2.40. The van der Waals surface area contributed by atoms with Gasteiger partial charge in [-0.25, -0.2) is 13.1 Å². The van der Waals surface area contributed by atoms with E-state index >= 15 is 0 Å². The van der Waals surface area contributed by atoms with E-state index in [0.29, 0.717) is 12.8 Å². The van der Waals surface area contributed by atoms with Gasteiger partial charge in [0.2, 0.25) is 0 Å². The lowest BCUT2D eigenvalue weighted by Gasteiger charge is -2.32. The first-order valence-corrected chi connectivity index (χ1v) is 7.67. The largest absolute Gasteiger partial charge is 0.481 e. The van der Waals surface area contributed by atoms with Crippen LogP contribution in [0.4, 0.5) is 0 Å². The number of hydrogen-bond acceptors (Lipinski definition) is 4. The molecule has 0 bridgehead atoms. The van der Waals surface area contributed by atoms with Crippen molar-refractivity contribution in [3.63, 3.8) is 0 Å². The molecule has 3 N–H and O–H groups in total. The van der Waals surface area contributed by atoms with Crippen molar-refractivity contribution in [2.75, 3.05) is 6.54 Å². The van der Waals surface area contributed by atoms with Crippen molar-refractivity contribution >= 4 is 16.0 Å². The predicted octanol–water partition coefficient (Wildman–Crippen LogP) is 0.723. The molecule has 0 aliphatic heterocycles. The minimum Gasteiger partial charge on any atom is -0.481 e. The number of nitrogens with zero attached hydrogens (tertiary/aromatic N) is 1. The monoisotopic (exact) mass is 287 g/mol. The van der Waals surface area contributed by atoms with E-state index in [4.69, 9.17) is 0 Å². The van der Waals surface area contributed by atoms with Gasteiger partial charge in [-0.1, -0.05) is 19.3 Å². The number of aromatic nitrogens is 2. The number of aromatic amines is 1. The quantitative estimate of drug-likeness (QED) is 0.738. The molecule has 0 saturated heterocycles. The maximum Gasteiger partial charge on any atom is 0.310 e. The molecule has 1 fully saturated rings. The summed E-state index contributed by atoms with van der Waals surface area (Å²) in [5.74, 6) is -0.931. The van der Waals surface area contributed by atoms with Gasteiger partial charge >= 0.3 is 5.97 Å². The van der Waals surface area contributed by atoms with Gasteiger partial charge in [0.1, 0.15) is 0 Å². The molecule has 1 aromatic rings. The topological polar surface area (TPSA) is 112 Å². The van der Waals surface area contributed by atoms with Crippen LogP contribution in [0.5, 0.6) is 0 Å². The average molecular weight is 287 g/mol. The first-order valence-electron chi connectivity index (χ1n) is 6.19. The Hall–Kier alpha value is -1.41. The number of hydrogen-bond donors (Lipinski definition) is 3. The molecule has 19 heavy (non-hydrogen) atoms. The van der Waals surface area contributed by atoms with E-state index in [9.17, 15) is 18.3 Å². The number of rotatable bonds is 5. The highest BCUT2D eigenvalue weighted by molar-refractivity contribution is 7.89. The Balaban J connectivity index is 2.09. The third-order valence-corrected chi connectivity index (χ3v) is 4.96. The first-order chi connectivity index (χ1) is 8.96. The fourth-order valence-corrected chi connectivity index (χ4v) is 3.43. The van der Waals surface area contributed by atoms with E-state index in [1.807, 2.05) is 0 Å². The van der Waals surface area contributed by atoms with E-state index < -0.39 is 21.4 Å². The third-order valence-electron chi connectivity index (χ3n) is 3.63. The number of nitrogens with one attached hydrogen (secondary N) is 2. The summed E-state index contributed by atoms with van der Waals surface area (Å²) in [6, 6.07) is 1.33. The van der Waals surface area contributed by atoms with Crippen LogP contribution in [-0.4, -0.2) is 36.2 Å². The molecule has 0 aromatic carbocycles. The molecule has 0 unspecified atom stereocenters. The predicted molar refractivity (Wildman–Crippen MR) is 66.9 cm³/mol. The molecule has 0 amide bonds. The summed E-state index contributed by atoms with van der Waals surface area (Å²) in [4.78, 5) is 11.4. The molecule has 1 heterocycles. The number of sulfonamides is 1. The van der Waals surface area contributed by atoms with Crippen LogP contribution < -0.4 is 4.72 Å². The molecule has 8 heteroatoms. The molecule has 0 radical (unpaired) electrons. The highest BCUT2D eigenvalue weighted by atomic mass is 32.2. The number of H-pyrrole nitrogens is 1. The molecular formula is C11H17N3O4S. The van der Waals surface area contributed by atoms with Gasteiger partial charge in [-0.3, -0.25) is 9.89 Å². The van der Waals surface area contributed by atoms with Gasteiger partial charge in [-0.05, 0) is 18.9 Å². The van der Waals surface area contributed by atoms with E-state index in [0.717, 1.165) is 19.3 Å². The maximum atomic E-state index is 11.9. The zero-order valence-electron chi connectivity index (χ0n) is 10.4. The molecule has 1 aliphatic rings. The standard InChI is InChI=1S/C11H17N3O4S/c15-10(16)11(5-2-1-3-6-11)8-13-19(17,18)9-4-7-12-14-9/h4,7,13H,1-3,5-6,8H2,(H,12,14)(H,15,16). The molecule has 0 spiro atoms. The Morgan fingerprint density at radius 2 is 2.11 bits per heavy atom. The van der Waals surface area contributed by atoms with Gasteiger partial charge in [-0.2, -0.15) is 5.10 Å². The molecule has 1 aromatic heterocycles. The van der Waals surface area contributed by atoms with Gasteiger partial charge in [0.15, 0.2) is 5.03 Å². The van der Waals surface area contributed by atoms with Gasteiger partial charge in [0.05, 0.1) is 11.6 Å². The molecule has 0 atom stereocenters. The fourth-order valence-electron chi connectivity index (χ4n) is 2.40. The minimum absolute atomic E-state index is 0.0520. The molecule has 2 rings (SSSR count). The van der Waals surface area contributed by atoms with Gasteiger partial charge in [0, 0.05) is 6.54 Å². The minimum atomic E-state index is -3.72. The fraction of sp³-hybridized carbons (Fsp3) is 0.636. The normalized spacial score (nSPS) is 19.2. The summed E-state index contributed by atoms with van der Waals surface area (Å²) in [6.07, 6.45) is 4.99. The second kappa shape index (κ2) is 5.30. The van der Waals surface area contributed by atoms with Gasteiger partial charge in [0.25, 0.3) is 10.0 Å². The van der Waals surface area contributed by atoms with Crippen LogP contribution in [0.25, 0.3) is 0 Å². The summed E-state index contributed by atoms with van der Waals surface area (Å²) in [6.45, 7) is -0.0797. The Bertz CT molecular complexity index is 532. The number of aliphatic carboxylic acids is 1. The molecule has 106 valence electrons. The van der Waals surface area contributed by atoms with Gasteiger partial charge in [-0.15, -0.1) is 0 Å². The second-order valence-corrected chi connectivity index (χ2v) is 6.63. The van der Waals surface area contributed by atoms with Gasteiger partial charge < -0.3 is 5.11 Å². The zero-order chi connectivity index (χ0) is 13.9. The molecule has 7 nitrogen and oxygen atoms in total. The second-order valence-electron chi connectivity index (χ2n) is 4.89. The number of carboxylic acid groups (broad SMARTS) is 1. The van der Waals surface area contributed by atoms with Crippen LogP contribution in [-0.2, 0) is 14.8 Å². The van der Waals surface area contributed by atoms with Crippen LogP contribution in [0, 0.1) is 5.41 Å². The van der Waals surface area contributed by atoms with Crippen molar-refractivity contribution in [2.24, 2.45) is 5.41 Å². The molecule has 1 aliphatic carbocycles.